The number of hydrogen-bond donors (Lipinski definition) is 3. The largest absolute Gasteiger partial charge is 0.400 e. The minimum atomic E-state index is -5.58. The molecule has 33 heavy (non-hydrogen) atoms. The first kappa shape index (κ1) is 24.1. The molecule has 0 fully saturated rings. The molecule has 3 N–H and O–H groups in total. The summed E-state index contributed by atoms with van der Waals surface area (Å²) in [5.41, 5.74) is 1.81. The highest BCUT2D eigenvalue weighted by Gasteiger charge is 2.57. The number of nitrogens with one attached hydrogen (secondary N) is 3. The number of imidazole rings is 1. The van der Waals surface area contributed by atoms with Gasteiger partial charge in [0.2, 0.25) is 5.91 Å². The number of carbonyl (C=O) groups is 2. The number of hydrogen-bond acceptors (Lipinski definition) is 4. The first-order chi connectivity index (χ1) is 15.3. The van der Waals surface area contributed by atoms with E-state index in [0.717, 1.165) is 0 Å². The van der Waals surface area contributed by atoms with E-state index in [1.165, 1.54) is 16.9 Å². The summed E-state index contributed by atoms with van der Waals surface area (Å²) in [5.74, 6) is -5.06. The fourth-order valence-corrected chi connectivity index (χ4v) is 3.03. The molecule has 14 heteroatoms. The third-order valence-corrected chi connectivity index (χ3v) is 4.73. The highest BCUT2D eigenvalue weighted by molar-refractivity contribution is 5.92. The standard InChI is InChI=1S/C19H18F6N6O2/c1-31-13(4-5-28-31)17(33)27-9-15-29-11-3-2-10(6-12(11)30-15)8-26-16(32)7-14(18(20,21)22)19(23,24)25/h2-6,14H,7-9H2,1H3,(H,26,32)(H,27,33)(H,29,30). The van der Waals surface area contributed by atoms with Crippen LogP contribution in [0.15, 0.2) is 30.5 Å². The zero-order chi connectivity index (χ0) is 24.4. The van der Waals surface area contributed by atoms with E-state index in [4.69, 9.17) is 0 Å². The number of alkyl halides is 6. The number of rotatable bonds is 7. The molecule has 0 atom stereocenters. The second kappa shape index (κ2) is 9.11. The van der Waals surface area contributed by atoms with Crippen LogP contribution in [0.25, 0.3) is 11.0 Å². The minimum Gasteiger partial charge on any atom is -0.352 e. The molecule has 2 heterocycles. The van der Waals surface area contributed by atoms with Gasteiger partial charge in [0.05, 0.1) is 17.6 Å². The lowest BCUT2D eigenvalue weighted by Crippen LogP contribution is -2.40. The monoisotopic (exact) mass is 476 g/mol. The number of carbonyl (C=O) groups excluding carboxylic acids is 2. The number of benzene rings is 1. The predicted octanol–water partition coefficient (Wildman–Crippen LogP) is 2.97. The van der Waals surface area contributed by atoms with Crippen molar-refractivity contribution >= 4 is 22.8 Å². The van der Waals surface area contributed by atoms with E-state index in [1.54, 1.807) is 25.2 Å². The summed E-state index contributed by atoms with van der Waals surface area (Å²) in [6.07, 6.45) is -11.4. The lowest BCUT2D eigenvalue weighted by Gasteiger charge is -2.22. The molecule has 1 aromatic carbocycles. The summed E-state index contributed by atoms with van der Waals surface area (Å²) in [6.45, 7) is -0.205. The molecule has 3 aromatic rings. The first-order valence-electron chi connectivity index (χ1n) is 9.48. The zero-order valence-electron chi connectivity index (χ0n) is 17.0. The van der Waals surface area contributed by atoms with Crippen molar-refractivity contribution in [1.29, 1.82) is 0 Å². The van der Waals surface area contributed by atoms with Gasteiger partial charge in [-0.15, -0.1) is 0 Å². The molecule has 8 nitrogen and oxygen atoms in total. The Morgan fingerprint density at radius 2 is 1.76 bits per heavy atom. The van der Waals surface area contributed by atoms with Gasteiger partial charge in [0.1, 0.15) is 11.5 Å². The average molecular weight is 476 g/mol. The van der Waals surface area contributed by atoms with Crippen molar-refractivity contribution in [3.05, 3.63) is 47.5 Å². The van der Waals surface area contributed by atoms with E-state index in [0.29, 0.717) is 28.1 Å². The Balaban J connectivity index is 1.59. The van der Waals surface area contributed by atoms with Gasteiger partial charge >= 0.3 is 12.4 Å². The van der Waals surface area contributed by atoms with Crippen molar-refractivity contribution in [2.75, 3.05) is 0 Å². The van der Waals surface area contributed by atoms with Crippen molar-refractivity contribution in [3.8, 4) is 0 Å². The number of amides is 2. The Morgan fingerprint density at radius 3 is 2.36 bits per heavy atom. The third-order valence-electron chi connectivity index (χ3n) is 4.73. The molecule has 3 rings (SSSR count). The Kier molecular flexibility index (Phi) is 6.65. The lowest BCUT2D eigenvalue weighted by atomic mass is 10.0. The van der Waals surface area contributed by atoms with Crippen LogP contribution < -0.4 is 10.6 Å². The maximum Gasteiger partial charge on any atom is 0.400 e. The number of aromatic nitrogens is 4. The van der Waals surface area contributed by atoms with Gasteiger partial charge in [0.15, 0.2) is 5.92 Å². The molecule has 0 aliphatic heterocycles. The van der Waals surface area contributed by atoms with Gasteiger partial charge in [-0.05, 0) is 23.8 Å². The van der Waals surface area contributed by atoms with Gasteiger partial charge in [0.25, 0.3) is 5.91 Å². The van der Waals surface area contributed by atoms with Crippen LogP contribution >= 0.6 is 0 Å². The molecule has 0 saturated heterocycles. The Labute approximate surface area is 182 Å². The van der Waals surface area contributed by atoms with Crippen molar-refractivity contribution in [2.24, 2.45) is 13.0 Å². The maximum atomic E-state index is 12.6. The van der Waals surface area contributed by atoms with Crippen LogP contribution in [0.5, 0.6) is 0 Å². The van der Waals surface area contributed by atoms with Gasteiger partial charge in [-0.1, -0.05) is 6.07 Å². The molecule has 2 aromatic heterocycles. The molecule has 0 spiro atoms. The van der Waals surface area contributed by atoms with Crippen LogP contribution in [0.1, 0.15) is 28.3 Å². The maximum absolute atomic E-state index is 12.6. The van der Waals surface area contributed by atoms with Crippen LogP contribution in [0, 0.1) is 5.92 Å². The summed E-state index contributed by atoms with van der Waals surface area (Å²) in [5, 5.41) is 8.63. The van der Waals surface area contributed by atoms with Gasteiger partial charge in [-0.25, -0.2) is 4.98 Å². The number of aryl methyl sites for hydroxylation is 1. The second-order valence-corrected chi connectivity index (χ2v) is 7.17. The topological polar surface area (TPSA) is 105 Å². The van der Waals surface area contributed by atoms with Crippen LogP contribution in [0.2, 0.25) is 0 Å². The molecule has 178 valence electrons. The van der Waals surface area contributed by atoms with Crippen molar-refractivity contribution in [3.63, 3.8) is 0 Å². The summed E-state index contributed by atoms with van der Waals surface area (Å²) in [7, 11) is 1.61. The number of aromatic amines is 1. The van der Waals surface area contributed by atoms with Gasteiger partial charge in [-0.3, -0.25) is 14.3 Å². The number of fused-ring (bicyclic) bond motifs is 1. The van der Waals surface area contributed by atoms with E-state index in [-0.39, 0.29) is 19.0 Å². The first-order valence-corrected chi connectivity index (χ1v) is 9.48. The van der Waals surface area contributed by atoms with Crippen LogP contribution in [-0.4, -0.2) is 43.9 Å². The van der Waals surface area contributed by atoms with Crippen molar-refractivity contribution in [1.82, 2.24) is 30.4 Å². The van der Waals surface area contributed by atoms with E-state index >= 15 is 0 Å². The smallest absolute Gasteiger partial charge is 0.352 e. The van der Waals surface area contributed by atoms with Gasteiger partial charge < -0.3 is 15.6 Å². The molecule has 0 bridgehead atoms. The van der Waals surface area contributed by atoms with Crippen molar-refractivity contribution in [2.45, 2.75) is 31.9 Å². The molecule has 0 radical (unpaired) electrons. The molecule has 0 aliphatic rings. The van der Waals surface area contributed by atoms with Gasteiger partial charge in [-0.2, -0.15) is 31.4 Å². The van der Waals surface area contributed by atoms with Crippen LogP contribution in [0.4, 0.5) is 26.3 Å². The van der Waals surface area contributed by atoms with Crippen LogP contribution in [-0.2, 0) is 24.9 Å². The normalized spacial score (nSPS) is 12.4. The number of H-pyrrole nitrogens is 1. The second-order valence-electron chi connectivity index (χ2n) is 7.17. The fourth-order valence-electron chi connectivity index (χ4n) is 3.03. The summed E-state index contributed by atoms with van der Waals surface area (Å²) in [6, 6.07) is 6.17. The van der Waals surface area contributed by atoms with Crippen molar-refractivity contribution < 1.29 is 35.9 Å². The number of nitrogens with zero attached hydrogens (tertiary/aromatic N) is 3. The molecule has 2 amide bonds. The highest BCUT2D eigenvalue weighted by atomic mass is 19.4. The SMILES string of the molecule is Cn1nccc1C(=O)NCc1nc2ccc(CNC(=O)CC(C(F)(F)F)C(F)(F)F)cc2[nH]1. The molecule has 0 aliphatic carbocycles. The summed E-state index contributed by atoms with van der Waals surface area (Å²) in [4.78, 5) is 31.0. The Bertz CT molecular complexity index is 1140. The minimum absolute atomic E-state index is 0.0705. The Hall–Kier alpha value is -3.58. The van der Waals surface area contributed by atoms with E-state index in [1.807, 2.05) is 0 Å². The molecule has 0 unspecified atom stereocenters. The average Bonchev–Trinajstić information content (AvgIpc) is 3.32. The van der Waals surface area contributed by atoms with Crippen LogP contribution in [0.3, 0.4) is 0 Å². The third kappa shape index (κ3) is 6.02. The fraction of sp³-hybridized carbons (Fsp3) is 0.368. The number of halogens is 6. The molecular weight excluding hydrogens is 458 g/mol. The van der Waals surface area contributed by atoms with E-state index in [9.17, 15) is 35.9 Å². The zero-order valence-corrected chi connectivity index (χ0v) is 17.0. The highest BCUT2D eigenvalue weighted by Crippen LogP contribution is 2.41. The summed E-state index contributed by atoms with van der Waals surface area (Å²) < 4.78 is 76.9. The predicted molar refractivity (Wildman–Crippen MR) is 103 cm³/mol. The quantitative estimate of drug-likeness (QED) is 0.456. The summed E-state index contributed by atoms with van der Waals surface area (Å²) >= 11 is 0. The lowest BCUT2D eigenvalue weighted by molar-refractivity contribution is -0.284. The van der Waals surface area contributed by atoms with E-state index in [2.05, 4.69) is 25.7 Å². The molecular formula is C19H18F6N6O2. The Morgan fingerprint density at radius 1 is 1.06 bits per heavy atom. The molecule has 0 saturated carbocycles. The van der Waals surface area contributed by atoms with E-state index < -0.39 is 30.6 Å². The van der Waals surface area contributed by atoms with Gasteiger partial charge in [0, 0.05) is 26.2 Å².